The van der Waals surface area contributed by atoms with Crippen molar-refractivity contribution >= 4 is 17.6 Å². The molecule has 3 aliphatic rings. The van der Waals surface area contributed by atoms with Crippen LogP contribution in [0.5, 0.6) is 0 Å². The largest absolute Gasteiger partial charge is 0.468 e. The Morgan fingerprint density at radius 2 is 1.96 bits per heavy atom. The van der Waals surface area contributed by atoms with Crippen molar-refractivity contribution in [1.82, 2.24) is 0 Å². The number of carbonyl (C=O) groups excluding carboxylic acids is 2. The van der Waals surface area contributed by atoms with E-state index in [1.165, 1.54) is 20.0 Å². The van der Waals surface area contributed by atoms with Crippen molar-refractivity contribution in [3.05, 3.63) is 29.3 Å². The van der Waals surface area contributed by atoms with Crippen molar-refractivity contribution in [2.75, 3.05) is 31.8 Å². The highest BCUT2D eigenvalue weighted by Crippen LogP contribution is 2.48. The second kappa shape index (κ2) is 6.67. The third kappa shape index (κ3) is 2.47. The fourth-order valence-electron chi connectivity index (χ4n) is 4.70. The molecular formula is C20H25NO5. The van der Waals surface area contributed by atoms with E-state index in [-0.39, 0.29) is 5.91 Å². The SMILES string of the molecule is CCN1C(=O)C(C(=O)OC)c2cc(C3(C4CCCC4)OCCO3)ccc21. The van der Waals surface area contributed by atoms with Gasteiger partial charge in [-0.25, -0.2) is 0 Å². The van der Waals surface area contributed by atoms with Crippen LogP contribution in [0.25, 0.3) is 0 Å². The number of carbonyl (C=O) groups is 2. The number of hydrogen-bond donors (Lipinski definition) is 0. The number of hydrogen-bond acceptors (Lipinski definition) is 5. The first-order valence-electron chi connectivity index (χ1n) is 9.44. The summed E-state index contributed by atoms with van der Waals surface area (Å²) in [5.74, 6) is -2.10. The number of esters is 1. The Balaban J connectivity index is 1.79. The van der Waals surface area contributed by atoms with Crippen LogP contribution in [-0.2, 0) is 29.6 Å². The first-order valence-corrected chi connectivity index (χ1v) is 9.44. The van der Waals surface area contributed by atoms with E-state index in [9.17, 15) is 9.59 Å². The molecular weight excluding hydrogens is 334 g/mol. The van der Waals surface area contributed by atoms with Crippen LogP contribution in [0.4, 0.5) is 5.69 Å². The lowest BCUT2D eigenvalue weighted by atomic mass is 9.87. The van der Waals surface area contributed by atoms with E-state index in [0.29, 0.717) is 31.2 Å². The molecule has 2 fully saturated rings. The molecule has 0 radical (unpaired) electrons. The summed E-state index contributed by atoms with van der Waals surface area (Å²) in [6.45, 7) is 3.54. The highest BCUT2D eigenvalue weighted by molar-refractivity contribution is 6.16. The molecule has 140 valence electrons. The van der Waals surface area contributed by atoms with Gasteiger partial charge in [0.1, 0.15) is 0 Å². The summed E-state index contributed by atoms with van der Waals surface area (Å²) in [7, 11) is 1.32. The number of methoxy groups -OCH3 is 1. The zero-order valence-corrected chi connectivity index (χ0v) is 15.3. The number of ether oxygens (including phenoxy) is 3. The van der Waals surface area contributed by atoms with E-state index in [1.54, 1.807) is 4.90 Å². The predicted octanol–water partition coefficient (Wildman–Crippen LogP) is 2.70. The average Bonchev–Trinajstić information content (AvgIpc) is 3.39. The molecule has 1 unspecified atom stereocenters. The van der Waals surface area contributed by atoms with E-state index in [0.717, 1.165) is 24.1 Å². The van der Waals surface area contributed by atoms with Gasteiger partial charge in [0.25, 0.3) is 0 Å². The third-order valence-electron chi connectivity index (χ3n) is 5.91. The van der Waals surface area contributed by atoms with Crippen LogP contribution >= 0.6 is 0 Å². The van der Waals surface area contributed by atoms with Gasteiger partial charge in [0, 0.05) is 23.7 Å². The van der Waals surface area contributed by atoms with E-state index in [1.807, 2.05) is 25.1 Å². The molecule has 0 bridgehead atoms. The van der Waals surface area contributed by atoms with Gasteiger partial charge >= 0.3 is 5.97 Å². The van der Waals surface area contributed by atoms with Crippen molar-refractivity contribution in [2.24, 2.45) is 5.92 Å². The van der Waals surface area contributed by atoms with Gasteiger partial charge in [-0.05, 0) is 37.5 Å². The van der Waals surface area contributed by atoms with Crippen LogP contribution in [0, 0.1) is 5.92 Å². The third-order valence-corrected chi connectivity index (χ3v) is 5.91. The maximum absolute atomic E-state index is 12.7. The van der Waals surface area contributed by atoms with E-state index in [2.05, 4.69) is 0 Å². The highest BCUT2D eigenvalue weighted by Gasteiger charge is 2.49. The van der Waals surface area contributed by atoms with Crippen LogP contribution in [0.3, 0.4) is 0 Å². The molecule has 1 aliphatic carbocycles. The Morgan fingerprint density at radius 1 is 1.27 bits per heavy atom. The second-order valence-corrected chi connectivity index (χ2v) is 7.16. The summed E-state index contributed by atoms with van der Waals surface area (Å²) in [4.78, 5) is 26.6. The zero-order valence-electron chi connectivity index (χ0n) is 15.3. The minimum Gasteiger partial charge on any atom is -0.468 e. The van der Waals surface area contributed by atoms with E-state index >= 15 is 0 Å². The van der Waals surface area contributed by atoms with Crippen LogP contribution in [-0.4, -0.2) is 38.7 Å². The maximum Gasteiger partial charge on any atom is 0.322 e. The topological polar surface area (TPSA) is 65.1 Å². The van der Waals surface area contributed by atoms with Crippen molar-refractivity contribution in [1.29, 1.82) is 0 Å². The summed E-state index contributed by atoms with van der Waals surface area (Å²) < 4.78 is 17.2. The number of amides is 1. The van der Waals surface area contributed by atoms with Crippen molar-refractivity contribution in [3.63, 3.8) is 0 Å². The van der Waals surface area contributed by atoms with Crippen LogP contribution in [0.2, 0.25) is 0 Å². The summed E-state index contributed by atoms with van der Waals surface area (Å²) in [5.41, 5.74) is 2.37. The molecule has 2 heterocycles. The summed E-state index contributed by atoms with van der Waals surface area (Å²) in [5, 5.41) is 0. The van der Waals surface area contributed by atoms with Gasteiger partial charge in [0.05, 0.1) is 20.3 Å². The molecule has 1 saturated carbocycles. The van der Waals surface area contributed by atoms with Crippen molar-refractivity contribution in [3.8, 4) is 0 Å². The van der Waals surface area contributed by atoms with E-state index in [4.69, 9.17) is 14.2 Å². The van der Waals surface area contributed by atoms with Gasteiger partial charge < -0.3 is 19.1 Å². The molecule has 1 amide bonds. The fourth-order valence-corrected chi connectivity index (χ4v) is 4.70. The Hall–Kier alpha value is -1.92. The van der Waals surface area contributed by atoms with Gasteiger partial charge in [-0.15, -0.1) is 0 Å². The van der Waals surface area contributed by atoms with E-state index < -0.39 is 17.7 Å². The van der Waals surface area contributed by atoms with Crippen LogP contribution < -0.4 is 4.90 Å². The number of rotatable bonds is 4. The second-order valence-electron chi connectivity index (χ2n) is 7.16. The normalized spacial score (nSPS) is 24.9. The van der Waals surface area contributed by atoms with Gasteiger partial charge in [-0.2, -0.15) is 0 Å². The Bertz CT molecular complexity index is 719. The lowest BCUT2D eigenvalue weighted by Crippen LogP contribution is -2.35. The lowest BCUT2D eigenvalue weighted by molar-refractivity contribution is -0.203. The number of likely N-dealkylation sites (N-methyl/N-ethyl adjacent to an activating group) is 1. The molecule has 0 N–H and O–H groups in total. The molecule has 26 heavy (non-hydrogen) atoms. The molecule has 2 aliphatic heterocycles. The Labute approximate surface area is 153 Å². The smallest absolute Gasteiger partial charge is 0.322 e. The highest BCUT2D eigenvalue weighted by atomic mass is 16.7. The average molecular weight is 359 g/mol. The van der Waals surface area contributed by atoms with Gasteiger partial charge in [0.2, 0.25) is 5.91 Å². The molecule has 6 nitrogen and oxygen atoms in total. The first kappa shape index (κ1) is 17.5. The molecule has 1 aromatic carbocycles. The van der Waals surface area contributed by atoms with Crippen LogP contribution in [0.15, 0.2) is 18.2 Å². The zero-order chi connectivity index (χ0) is 18.3. The molecule has 0 spiro atoms. The quantitative estimate of drug-likeness (QED) is 0.611. The summed E-state index contributed by atoms with van der Waals surface area (Å²) in [6.07, 6.45) is 4.49. The predicted molar refractivity (Wildman–Crippen MR) is 94.8 cm³/mol. The molecule has 0 aromatic heterocycles. The molecule has 1 atom stereocenters. The monoisotopic (exact) mass is 359 g/mol. The number of benzene rings is 1. The fraction of sp³-hybridized carbons (Fsp3) is 0.600. The van der Waals surface area contributed by atoms with Gasteiger partial charge in [-0.3, -0.25) is 9.59 Å². The number of anilines is 1. The maximum atomic E-state index is 12.7. The van der Waals surface area contributed by atoms with Crippen LogP contribution in [0.1, 0.15) is 49.7 Å². The number of fused-ring (bicyclic) bond motifs is 1. The number of nitrogens with zero attached hydrogens (tertiary/aromatic N) is 1. The molecule has 1 aromatic rings. The summed E-state index contributed by atoms with van der Waals surface area (Å²) >= 11 is 0. The van der Waals surface area contributed by atoms with Gasteiger partial charge in [0.15, 0.2) is 11.7 Å². The molecule has 1 saturated heterocycles. The standard InChI is InChI=1S/C20H25NO5/c1-3-21-16-9-8-14(12-15(16)17(18(21)22)19(23)24-2)20(25-10-11-26-20)13-6-4-5-7-13/h8-9,12-13,17H,3-7,10-11H2,1-2H3. The minimum absolute atomic E-state index is 0.227. The molecule has 4 rings (SSSR count). The van der Waals surface area contributed by atoms with Gasteiger partial charge in [-0.1, -0.05) is 18.9 Å². The van der Waals surface area contributed by atoms with Crippen molar-refractivity contribution < 1.29 is 23.8 Å². The Morgan fingerprint density at radius 3 is 2.58 bits per heavy atom. The minimum atomic E-state index is -0.906. The first-order chi connectivity index (χ1) is 12.6. The lowest BCUT2D eigenvalue weighted by Gasteiger charge is -2.34. The summed E-state index contributed by atoms with van der Waals surface area (Å²) in [6, 6.07) is 5.82. The molecule has 6 heteroatoms. The van der Waals surface area contributed by atoms with Crippen molar-refractivity contribution in [2.45, 2.75) is 44.3 Å². The Kier molecular flexibility index (Phi) is 4.49.